The van der Waals surface area contributed by atoms with Crippen LogP contribution in [0.4, 0.5) is 0 Å². The highest BCUT2D eigenvalue weighted by atomic mass is 16.5. The van der Waals surface area contributed by atoms with Gasteiger partial charge < -0.3 is 14.8 Å². The summed E-state index contributed by atoms with van der Waals surface area (Å²) in [5.41, 5.74) is 5.36. The summed E-state index contributed by atoms with van der Waals surface area (Å²) in [6.07, 6.45) is 3.07. The minimum Gasteiger partial charge on any atom is -0.497 e. The van der Waals surface area contributed by atoms with Gasteiger partial charge in [-0.15, -0.1) is 0 Å². The van der Waals surface area contributed by atoms with Gasteiger partial charge in [-0.25, -0.2) is 4.79 Å². The van der Waals surface area contributed by atoms with E-state index < -0.39 is 12.0 Å². The molecule has 5 nitrogen and oxygen atoms in total. The molecule has 0 aliphatic rings. The Morgan fingerprint density at radius 2 is 1.65 bits per heavy atom. The molecule has 0 aliphatic heterocycles. The highest BCUT2D eigenvalue weighted by Gasteiger charge is 2.19. The van der Waals surface area contributed by atoms with Crippen molar-refractivity contribution in [3.8, 4) is 5.75 Å². The van der Waals surface area contributed by atoms with E-state index >= 15 is 0 Å². The van der Waals surface area contributed by atoms with Gasteiger partial charge in [0.25, 0.3) is 0 Å². The largest absolute Gasteiger partial charge is 0.497 e. The van der Waals surface area contributed by atoms with Gasteiger partial charge in [0.15, 0.2) is 0 Å². The zero-order chi connectivity index (χ0) is 23.2. The van der Waals surface area contributed by atoms with Crippen molar-refractivity contribution in [1.29, 1.82) is 0 Å². The van der Waals surface area contributed by atoms with Crippen LogP contribution in [0.25, 0.3) is 6.08 Å². The molecule has 0 fully saturated rings. The number of methoxy groups -OCH3 is 1. The van der Waals surface area contributed by atoms with Crippen LogP contribution in [-0.2, 0) is 26.3 Å². The van der Waals surface area contributed by atoms with Crippen LogP contribution in [0.1, 0.15) is 55.5 Å². The second-order valence-corrected chi connectivity index (χ2v) is 8.78. The fourth-order valence-corrected chi connectivity index (χ4v) is 3.13. The number of esters is 1. The normalized spacial score (nSPS) is 12.5. The minimum absolute atomic E-state index is 0.0584. The molecular formula is C26H33NO4. The number of hydrogen-bond donors (Lipinski definition) is 1. The van der Waals surface area contributed by atoms with E-state index in [0.29, 0.717) is 0 Å². The molecule has 0 bridgehead atoms. The monoisotopic (exact) mass is 423 g/mol. The standard InChI is InChI=1S/C26H33NO4/c1-17-14-21(26(4,5)6)15-18(2)23(17)16-31-25(29)19(3)27-24(28)13-10-20-8-11-22(30-7)12-9-20/h8-15,19H,16H2,1-7H3,(H,27,28)/b13-10+/t19-/m0/s1. The predicted molar refractivity (Wildman–Crippen MR) is 124 cm³/mol. The van der Waals surface area contributed by atoms with Crippen molar-refractivity contribution in [3.63, 3.8) is 0 Å². The first-order chi connectivity index (χ1) is 14.5. The van der Waals surface area contributed by atoms with Crippen molar-refractivity contribution in [3.05, 3.63) is 70.3 Å². The van der Waals surface area contributed by atoms with E-state index in [4.69, 9.17) is 9.47 Å². The molecular weight excluding hydrogens is 390 g/mol. The molecule has 2 rings (SSSR count). The van der Waals surface area contributed by atoms with Gasteiger partial charge in [-0.2, -0.15) is 0 Å². The average molecular weight is 424 g/mol. The van der Waals surface area contributed by atoms with Crippen molar-refractivity contribution in [2.24, 2.45) is 0 Å². The summed E-state index contributed by atoms with van der Waals surface area (Å²) < 4.78 is 10.6. The van der Waals surface area contributed by atoms with Gasteiger partial charge in [0, 0.05) is 6.08 Å². The quantitative estimate of drug-likeness (QED) is 0.510. The molecule has 0 heterocycles. The summed E-state index contributed by atoms with van der Waals surface area (Å²) >= 11 is 0. The average Bonchev–Trinajstić information content (AvgIpc) is 2.71. The van der Waals surface area contributed by atoms with Gasteiger partial charge >= 0.3 is 5.97 Å². The topological polar surface area (TPSA) is 64.6 Å². The number of benzene rings is 2. The molecule has 2 aromatic rings. The Bertz CT molecular complexity index is 929. The second kappa shape index (κ2) is 10.3. The zero-order valence-corrected chi connectivity index (χ0v) is 19.5. The molecule has 0 aromatic heterocycles. The van der Waals surface area contributed by atoms with Crippen molar-refractivity contribution >= 4 is 18.0 Å². The van der Waals surface area contributed by atoms with Crippen LogP contribution in [0.3, 0.4) is 0 Å². The molecule has 0 saturated heterocycles. The van der Waals surface area contributed by atoms with Gasteiger partial charge in [-0.05, 0) is 72.2 Å². The maximum absolute atomic E-state index is 12.4. The molecule has 0 unspecified atom stereocenters. The number of hydrogen-bond acceptors (Lipinski definition) is 4. The van der Waals surface area contributed by atoms with Gasteiger partial charge in [-0.1, -0.05) is 45.0 Å². The Hall–Kier alpha value is -3.08. The molecule has 166 valence electrons. The van der Waals surface area contributed by atoms with Crippen LogP contribution in [0, 0.1) is 13.8 Å². The number of amides is 1. The van der Waals surface area contributed by atoms with Crippen LogP contribution in [-0.4, -0.2) is 25.0 Å². The van der Waals surface area contributed by atoms with Crippen LogP contribution in [0.5, 0.6) is 5.75 Å². The van der Waals surface area contributed by atoms with E-state index in [-0.39, 0.29) is 17.9 Å². The highest BCUT2D eigenvalue weighted by molar-refractivity contribution is 5.94. The highest BCUT2D eigenvalue weighted by Crippen LogP contribution is 2.27. The summed E-state index contributed by atoms with van der Waals surface area (Å²) in [7, 11) is 1.60. The Labute approximate surface area is 185 Å². The molecule has 31 heavy (non-hydrogen) atoms. The van der Waals surface area contributed by atoms with Crippen LogP contribution in [0.2, 0.25) is 0 Å². The Morgan fingerprint density at radius 3 is 2.16 bits per heavy atom. The Morgan fingerprint density at radius 1 is 1.06 bits per heavy atom. The lowest BCUT2D eigenvalue weighted by Crippen LogP contribution is -2.38. The lowest BCUT2D eigenvalue weighted by atomic mass is 9.84. The first kappa shape index (κ1) is 24.2. The molecule has 1 atom stereocenters. The SMILES string of the molecule is COc1ccc(/C=C/C(=O)N[C@@H](C)C(=O)OCc2c(C)cc(C(C)(C)C)cc2C)cc1. The molecule has 0 saturated carbocycles. The van der Waals surface area contributed by atoms with E-state index in [1.165, 1.54) is 11.6 Å². The van der Waals surface area contributed by atoms with Gasteiger partial charge in [-0.3, -0.25) is 4.79 Å². The number of aryl methyl sites for hydroxylation is 2. The van der Waals surface area contributed by atoms with Gasteiger partial charge in [0.1, 0.15) is 18.4 Å². The smallest absolute Gasteiger partial charge is 0.328 e. The number of nitrogens with one attached hydrogen (secondary N) is 1. The Kier molecular flexibility index (Phi) is 8.03. The third kappa shape index (κ3) is 6.99. The molecule has 0 radical (unpaired) electrons. The van der Waals surface area contributed by atoms with Gasteiger partial charge in [0.05, 0.1) is 7.11 Å². The zero-order valence-electron chi connectivity index (χ0n) is 19.5. The number of carbonyl (C=O) groups is 2. The van der Waals surface area contributed by atoms with Crippen LogP contribution < -0.4 is 10.1 Å². The number of rotatable bonds is 7. The lowest BCUT2D eigenvalue weighted by Gasteiger charge is -2.22. The molecule has 2 aromatic carbocycles. The van der Waals surface area contributed by atoms with E-state index in [9.17, 15) is 9.59 Å². The fraction of sp³-hybridized carbons (Fsp3) is 0.385. The van der Waals surface area contributed by atoms with Crippen molar-refractivity contribution in [2.45, 2.75) is 59.6 Å². The molecule has 1 amide bonds. The van der Waals surface area contributed by atoms with Crippen molar-refractivity contribution < 1.29 is 19.1 Å². The minimum atomic E-state index is -0.748. The summed E-state index contributed by atoms with van der Waals surface area (Å²) in [6, 6.07) is 10.9. The maximum Gasteiger partial charge on any atom is 0.328 e. The molecule has 1 N–H and O–H groups in total. The third-order valence-corrected chi connectivity index (χ3v) is 5.18. The van der Waals surface area contributed by atoms with Crippen LogP contribution in [0.15, 0.2) is 42.5 Å². The number of carbonyl (C=O) groups excluding carboxylic acids is 2. The van der Waals surface area contributed by atoms with E-state index in [0.717, 1.165) is 28.0 Å². The van der Waals surface area contributed by atoms with E-state index in [1.807, 2.05) is 38.1 Å². The fourth-order valence-electron chi connectivity index (χ4n) is 3.13. The molecule has 0 aliphatic carbocycles. The van der Waals surface area contributed by atoms with Crippen molar-refractivity contribution in [2.75, 3.05) is 7.11 Å². The molecule has 0 spiro atoms. The number of ether oxygens (including phenoxy) is 2. The maximum atomic E-state index is 12.4. The van der Waals surface area contributed by atoms with Crippen LogP contribution >= 0.6 is 0 Å². The van der Waals surface area contributed by atoms with Crippen molar-refractivity contribution in [1.82, 2.24) is 5.32 Å². The van der Waals surface area contributed by atoms with Gasteiger partial charge in [0.2, 0.25) is 5.91 Å². The first-order valence-corrected chi connectivity index (χ1v) is 10.4. The summed E-state index contributed by atoms with van der Waals surface area (Å²) in [4.78, 5) is 24.5. The van der Waals surface area contributed by atoms with E-state index in [2.05, 4.69) is 38.2 Å². The third-order valence-electron chi connectivity index (χ3n) is 5.18. The second-order valence-electron chi connectivity index (χ2n) is 8.78. The predicted octanol–water partition coefficient (Wildman–Crippen LogP) is 4.87. The first-order valence-electron chi connectivity index (χ1n) is 10.4. The Balaban J connectivity index is 1.92. The summed E-state index contributed by atoms with van der Waals surface area (Å²) in [5, 5.41) is 2.64. The lowest BCUT2D eigenvalue weighted by molar-refractivity contribution is -0.148. The summed E-state index contributed by atoms with van der Waals surface area (Å²) in [5.74, 6) is -0.0801. The molecule has 5 heteroatoms. The van der Waals surface area contributed by atoms with E-state index in [1.54, 1.807) is 20.1 Å². The summed E-state index contributed by atoms with van der Waals surface area (Å²) in [6.45, 7) is 12.4.